The van der Waals surface area contributed by atoms with E-state index in [4.69, 9.17) is 9.47 Å². The Morgan fingerprint density at radius 2 is 1.95 bits per heavy atom. The molecule has 0 aromatic heterocycles. The minimum absolute atomic E-state index is 0.0464. The molecule has 1 aliphatic carbocycles. The first kappa shape index (κ1) is 13.7. The first-order valence-electron chi connectivity index (χ1n) is 6.73. The Kier molecular flexibility index (Phi) is 4.66. The fraction of sp³-hybridized carbons (Fsp3) is 0.533. The van der Waals surface area contributed by atoms with Crippen molar-refractivity contribution in [3.63, 3.8) is 0 Å². The third-order valence-electron chi connectivity index (χ3n) is 3.49. The fourth-order valence-corrected chi connectivity index (χ4v) is 2.43. The van der Waals surface area contributed by atoms with Gasteiger partial charge in [-0.25, -0.2) is 0 Å². The third kappa shape index (κ3) is 4.16. The van der Waals surface area contributed by atoms with Gasteiger partial charge in [-0.15, -0.1) is 0 Å². The molecular weight excluding hydrogens is 242 g/mol. The molecule has 4 nitrogen and oxygen atoms in total. The number of carbonyl (C=O) groups is 1. The minimum Gasteiger partial charge on any atom is -0.497 e. The summed E-state index contributed by atoms with van der Waals surface area (Å²) >= 11 is 0. The molecule has 0 spiro atoms. The van der Waals surface area contributed by atoms with Crippen molar-refractivity contribution in [2.75, 3.05) is 13.7 Å². The molecule has 0 radical (unpaired) electrons. The smallest absolute Gasteiger partial charge is 0.258 e. The van der Waals surface area contributed by atoms with Gasteiger partial charge in [-0.3, -0.25) is 4.79 Å². The van der Waals surface area contributed by atoms with Crippen LogP contribution in [0.3, 0.4) is 0 Å². The highest BCUT2D eigenvalue weighted by atomic mass is 16.5. The molecule has 1 aliphatic rings. The number of ether oxygens (including phenoxy) is 2. The number of rotatable bonds is 5. The number of amides is 1. The van der Waals surface area contributed by atoms with Gasteiger partial charge >= 0.3 is 0 Å². The normalized spacial score (nSPS) is 22.0. The van der Waals surface area contributed by atoms with Gasteiger partial charge in [-0.2, -0.15) is 0 Å². The maximum atomic E-state index is 11.7. The molecule has 0 heterocycles. The van der Waals surface area contributed by atoms with Crippen LogP contribution in [0.1, 0.15) is 26.2 Å². The second kappa shape index (κ2) is 6.45. The van der Waals surface area contributed by atoms with E-state index in [1.54, 1.807) is 19.2 Å². The van der Waals surface area contributed by atoms with Crippen LogP contribution >= 0.6 is 0 Å². The number of carbonyl (C=O) groups excluding carboxylic acids is 1. The minimum atomic E-state index is -0.0464. The van der Waals surface area contributed by atoms with Gasteiger partial charge < -0.3 is 14.8 Å². The molecule has 2 atom stereocenters. The van der Waals surface area contributed by atoms with Crippen LogP contribution in [-0.2, 0) is 4.79 Å². The van der Waals surface area contributed by atoms with E-state index in [-0.39, 0.29) is 12.5 Å². The van der Waals surface area contributed by atoms with Gasteiger partial charge in [0.05, 0.1) is 7.11 Å². The number of hydrogen-bond acceptors (Lipinski definition) is 3. The molecule has 104 valence electrons. The lowest BCUT2D eigenvalue weighted by Gasteiger charge is -2.13. The Labute approximate surface area is 114 Å². The van der Waals surface area contributed by atoms with Gasteiger partial charge in [0.1, 0.15) is 11.5 Å². The van der Waals surface area contributed by atoms with Crippen molar-refractivity contribution in [1.29, 1.82) is 0 Å². The van der Waals surface area contributed by atoms with Crippen molar-refractivity contribution >= 4 is 5.91 Å². The molecule has 1 aromatic carbocycles. The van der Waals surface area contributed by atoms with E-state index in [9.17, 15) is 4.79 Å². The molecular formula is C15H21NO3. The second-order valence-electron chi connectivity index (χ2n) is 5.15. The summed E-state index contributed by atoms with van der Waals surface area (Å²) in [6, 6.07) is 7.53. The Morgan fingerprint density at radius 3 is 2.53 bits per heavy atom. The summed E-state index contributed by atoms with van der Waals surface area (Å²) < 4.78 is 10.5. The van der Waals surface area contributed by atoms with E-state index < -0.39 is 0 Å². The van der Waals surface area contributed by atoms with Gasteiger partial charge in [0.2, 0.25) is 0 Å². The van der Waals surface area contributed by atoms with Crippen LogP contribution in [0.4, 0.5) is 0 Å². The zero-order chi connectivity index (χ0) is 13.7. The van der Waals surface area contributed by atoms with Crippen LogP contribution in [-0.4, -0.2) is 25.7 Å². The highest BCUT2D eigenvalue weighted by Crippen LogP contribution is 2.24. The predicted octanol–water partition coefficient (Wildman–Crippen LogP) is 2.38. The zero-order valence-corrected chi connectivity index (χ0v) is 11.5. The Hall–Kier alpha value is -1.71. The molecule has 0 saturated heterocycles. The zero-order valence-electron chi connectivity index (χ0n) is 11.5. The van der Waals surface area contributed by atoms with E-state index in [0.29, 0.717) is 17.7 Å². The van der Waals surface area contributed by atoms with Gasteiger partial charge in [0, 0.05) is 6.04 Å². The van der Waals surface area contributed by atoms with Gasteiger partial charge in [-0.1, -0.05) is 6.92 Å². The summed E-state index contributed by atoms with van der Waals surface area (Å²) in [6.45, 7) is 2.29. The molecule has 1 amide bonds. The number of nitrogens with one attached hydrogen (secondary N) is 1. The van der Waals surface area contributed by atoms with E-state index in [0.717, 1.165) is 18.6 Å². The number of methoxy groups -OCH3 is 1. The molecule has 4 heteroatoms. The molecule has 1 saturated carbocycles. The fourth-order valence-electron chi connectivity index (χ4n) is 2.43. The predicted molar refractivity (Wildman–Crippen MR) is 73.4 cm³/mol. The lowest BCUT2D eigenvalue weighted by molar-refractivity contribution is -0.123. The van der Waals surface area contributed by atoms with E-state index in [1.165, 1.54) is 6.42 Å². The maximum absolute atomic E-state index is 11.7. The van der Waals surface area contributed by atoms with Gasteiger partial charge in [0.15, 0.2) is 6.61 Å². The summed E-state index contributed by atoms with van der Waals surface area (Å²) in [5, 5.41) is 3.01. The van der Waals surface area contributed by atoms with Crippen molar-refractivity contribution in [2.24, 2.45) is 5.92 Å². The van der Waals surface area contributed by atoms with Crippen LogP contribution in [0.5, 0.6) is 11.5 Å². The highest BCUT2D eigenvalue weighted by Gasteiger charge is 2.22. The summed E-state index contributed by atoms with van der Waals surface area (Å²) in [7, 11) is 1.62. The maximum Gasteiger partial charge on any atom is 0.258 e. The van der Waals surface area contributed by atoms with Crippen molar-refractivity contribution in [1.82, 2.24) is 5.32 Å². The average Bonchev–Trinajstić information content (AvgIpc) is 2.82. The van der Waals surface area contributed by atoms with E-state index >= 15 is 0 Å². The van der Waals surface area contributed by atoms with E-state index in [2.05, 4.69) is 12.2 Å². The Bertz CT molecular complexity index is 416. The second-order valence-corrected chi connectivity index (χ2v) is 5.15. The SMILES string of the molecule is COc1ccc(OCC(=O)NC2CCC(C)C2)cc1. The first-order valence-corrected chi connectivity index (χ1v) is 6.73. The van der Waals surface area contributed by atoms with Crippen molar-refractivity contribution in [2.45, 2.75) is 32.2 Å². The third-order valence-corrected chi connectivity index (χ3v) is 3.49. The molecule has 1 fully saturated rings. The van der Waals surface area contributed by atoms with Gasteiger partial charge in [0.25, 0.3) is 5.91 Å². The molecule has 1 aromatic rings. The number of benzene rings is 1. The Morgan fingerprint density at radius 1 is 1.26 bits per heavy atom. The van der Waals surface area contributed by atoms with Crippen LogP contribution in [0, 0.1) is 5.92 Å². The van der Waals surface area contributed by atoms with Crippen LogP contribution in [0.15, 0.2) is 24.3 Å². The topological polar surface area (TPSA) is 47.6 Å². The molecule has 2 unspecified atom stereocenters. The highest BCUT2D eigenvalue weighted by molar-refractivity contribution is 5.77. The quantitative estimate of drug-likeness (QED) is 0.887. The molecule has 2 rings (SSSR count). The monoisotopic (exact) mass is 263 g/mol. The van der Waals surface area contributed by atoms with Crippen LogP contribution < -0.4 is 14.8 Å². The van der Waals surface area contributed by atoms with E-state index in [1.807, 2.05) is 12.1 Å². The average molecular weight is 263 g/mol. The van der Waals surface area contributed by atoms with Crippen molar-refractivity contribution in [3.05, 3.63) is 24.3 Å². The lowest BCUT2D eigenvalue weighted by atomic mass is 10.1. The van der Waals surface area contributed by atoms with Crippen molar-refractivity contribution < 1.29 is 14.3 Å². The standard InChI is InChI=1S/C15H21NO3/c1-11-3-4-12(9-11)16-15(17)10-19-14-7-5-13(18-2)6-8-14/h5-8,11-12H,3-4,9-10H2,1-2H3,(H,16,17). The first-order chi connectivity index (χ1) is 9.17. The lowest BCUT2D eigenvalue weighted by Crippen LogP contribution is -2.36. The summed E-state index contributed by atoms with van der Waals surface area (Å²) in [5.41, 5.74) is 0. The summed E-state index contributed by atoms with van der Waals surface area (Å²) in [6.07, 6.45) is 3.36. The molecule has 0 bridgehead atoms. The van der Waals surface area contributed by atoms with Crippen LogP contribution in [0.2, 0.25) is 0 Å². The summed E-state index contributed by atoms with van der Waals surface area (Å²) in [5.74, 6) is 2.12. The van der Waals surface area contributed by atoms with Crippen molar-refractivity contribution in [3.8, 4) is 11.5 Å². The number of hydrogen-bond donors (Lipinski definition) is 1. The Balaban J connectivity index is 1.73. The van der Waals surface area contributed by atoms with Gasteiger partial charge in [-0.05, 0) is 49.4 Å². The molecule has 0 aliphatic heterocycles. The van der Waals surface area contributed by atoms with Crippen LogP contribution in [0.25, 0.3) is 0 Å². The molecule has 1 N–H and O–H groups in total. The molecule has 19 heavy (non-hydrogen) atoms. The largest absolute Gasteiger partial charge is 0.497 e. The summed E-state index contributed by atoms with van der Waals surface area (Å²) in [4.78, 5) is 11.7.